The Morgan fingerprint density at radius 3 is 2.17 bits per heavy atom. The fraction of sp³-hybridized carbons (Fsp3) is 0.433. The van der Waals surface area contributed by atoms with Crippen LogP contribution in [-0.2, 0) is 21.4 Å². The van der Waals surface area contributed by atoms with E-state index in [-0.39, 0.29) is 21.7 Å². The van der Waals surface area contributed by atoms with E-state index in [1.54, 1.807) is 43.3 Å². The Morgan fingerprint density at radius 2 is 1.70 bits per heavy atom. The fourth-order valence-electron chi connectivity index (χ4n) is 3.93. The van der Waals surface area contributed by atoms with Crippen LogP contribution in [0.2, 0.25) is 5.02 Å². The van der Waals surface area contributed by atoms with E-state index in [9.17, 15) is 28.0 Å². The molecule has 2 rings (SSSR count). The molecule has 0 radical (unpaired) electrons. The summed E-state index contributed by atoms with van der Waals surface area (Å²) in [4.78, 5) is 36.3. The van der Waals surface area contributed by atoms with Crippen LogP contribution in [0.15, 0.2) is 55.1 Å². The molecule has 0 heterocycles. The molecule has 0 fully saturated rings. The van der Waals surface area contributed by atoms with Gasteiger partial charge in [-0.15, -0.1) is 0 Å². The summed E-state index contributed by atoms with van der Waals surface area (Å²) in [5.41, 5.74) is 1.43. The van der Waals surface area contributed by atoms with E-state index >= 15 is 0 Å². The minimum atomic E-state index is -2.92. The number of rotatable bonds is 14. The van der Waals surface area contributed by atoms with Crippen LogP contribution in [-0.4, -0.2) is 41.5 Å². The standard InChI is InChI=1S/C30H40ClIN2O6/c1-7-21(15-16-30(6,8-2)28(38)39)32(40)34-25(27(36)37)17-19-9-12-22(13-10-19)33-26(35)23-14-11-20(18-24(23)31)29(3,4)5/h8-14,18,21,25,34,40H,2,7,15-17H2,1,3-6H3,(H,33,35)(H,36,37)(H,38,39)/t21-,25+,30+/m1/s1. The average Bonchev–Trinajstić information content (AvgIpc) is 2.88. The number of benzene rings is 2. The second-order valence-electron chi connectivity index (χ2n) is 11.1. The summed E-state index contributed by atoms with van der Waals surface area (Å²) in [5.74, 6) is -2.41. The first-order valence-corrected chi connectivity index (χ1v) is 16.7. The summed E-state index contributed by atoms with van der Waals surface area (Å²) in [5, 5.41) is 22.4. The van der Waals surface area contributed by atoms with Crippen LogP contribution in [0.5, 0.6) is 0 Å². The van der Waals surface area contributed by atoms with Crippen molar-refractivity contribution in [1.29, 1.82) is 0 Å². The van der Waals surface area contributed by atoms with Gasteiger partial charge in [0.25, 0.3) is 0 Å². The van der Waals surface area contributed by atoms with Crippen LogP contribution in [0.3, 0.4) is 0 Å². The third-order valence-corrected chi connectivity index (χ3v) is 11.8. The summed E-state index contributed by atoms with van der Waals surface area (Å²) in [6, 6.07) is 11.2. The number of carboxylic acid groups (broad SMARTS) is 2. The third-order valence-electron chi connectivity index (χ3n) is 6.92. The maximum absolute atomic E-state index is 12.8. The van der Waals surface area contributed by atoms with Crippen molar-refractivity contribution in [2.45, 2.75) is 75.7 Å². The molecule has 0 saturated heterocycles. The summed E-state index contributed by atoms with van der Waals surface area (Å²) in [6.07, 6.45) is 2.88. The van der Waals surface area contributed by atoms with Gasteiger partial charge < -0.3 is 0 Å². The molecule has 8 nitrogen and oxygen atoms in total. The van der Waals surface area contributed by atoms with Gasteiger partial charge in [0.05, 0.1) is 0 Å². The molecule has 0 unspecified atom stereocenters. The number of carboxylic acids is 2. The first-order chi connectivity index (χ1) is 18.6. The van der Waals surface area contributed by atoms with Gasteiger partial charge in [0.15, 0.2) is 0 Å². The van der Waals surface area contributed by atoms with Gasteiger partial charge in [-0.05, 0) is 11.0 Å². The van der Waals surface area contributed by atoms with E-state index in [2.05, 4.69) is 36.2 Å². The number of alkyl halides is 1. The maximum atomic E-state index is 12.8. The average molecular weight is 687 g/mol. The Bertz CT molecular complexity index is 1210. The molecular weight excluding hydrogens is 647 g/mol. The molecule has 3 atom stereocenters. The Kier molecular flexibility index (Phi) is 12.2. The molecule has 5 N–H and O–H groups in total. The van der Waals surface area contributed by atoms with Crippen LogP contribution in [0.25, 0.3) is 0 Å². The zero-order chi connectivity index (χ0) is 30.3. The molecular formula is C30H40ClIN2O6. The van der Waals surface area contributed by atoms with E-state index < -0.39 is 43.9 Å². The van der Waals surface area contributed by atoms with Gasteiger partial charge in [-0.25, -0.2) is 0 Å². The van der Waals surface area contributed by atoms with Gasteiger partial charge in [-0.1, -0.05) is 20.8 Å². The van der Waals surface area contributed by atoms with Gasteiger partial charge in [0, 0.05) is 0 Å². The normalized spacial score (nSPS) is 14.9. The van der Waals surface area contributed by atoms with Crippen molar-refractivity contribution in [3.8, 4) is 0 Å². The minimum absolute atomic E-state index is 0.0965. The van der Waals surface area contributed by atoms with Gasteiger partial charge in [-0.3, -0.25) is 0 Å². The summed E-state index contributed by atoms with van der Waals surface area (Å²) in [6.45, 7) is 13.3. The number of hydrogen-bond acceptors (Lipinski definition) is 5. The molecule has 10 heteroatoms. The zero-order valence-electron chi connectivity index (χ0n) is 23.6. The Balaban J connectivity index is 2.04. The van der Waals surface area contributed by atoms with E-state index in [0.717, 1.165) is 5.56 Å². The third kappa shape index (κ3) is 9.29. The molecule has 2 aromatic carbocycles. The first kappa shape index (κ1) is 33.7. The van der Waals surface area contributed by atoms with E-state index in [0.29, 0.717) is 41.1 Å². The van der Waals surface area contributed by atoms with E-state index in [1.807, 2.05) is 13.0 Å². The molecule has 0 aliphatic carbocycles. The number of amides is 1. The second kappa shape index (κ2) is 14.4. The van der Waals surface area contributed by atoms with Crippen LogP contribution >= 0.6 is 32.1 Å². The summed E-state index contributed by atoms with van der Waals surface area (Å²) in [7, 11) is 0. The Morgan fingerprint density at radius 1 is 1.07 bits per heavy atom. The Labute approximate surface area is 249 Å². The topological polar surface area (TPSA) is 136 Å². The van der Waals surface area contributed by atoms with Crippen molar-refractivity contribution < 1.29 is 28.0 Å². The molecule has 2 aromatic rings. The number of aliphatic carboxylic acids is 2. The van der Waals surface area contributed by atoms with Crippen molar-refractivity contribution in [2.75, 3.05) is 5.32 Å². The van der Waals surface area contributed by atoms with E-state index in [4.69, 9.17) is 11.6 Å². The van der Waals surface area contributed by atoms with Crippen LogP contribution in [0.4, 0.5) is 5.69 Å². The molecule has 0 spiro atoms. The van der Waals surface area contributed by atoms with Gasteiger partial charge >= 0.3 is 219 Å². The summed E-state index contributed by atoms with van der Waals surface area (Å²) >= 11 is 3.46. The number of anilines is 1. The van der Waals surface area contributed by atoms with Crippen LogP contribution in [0.1, 0.15) is 75.4 Å². The summed E-state index contributed by atoms with van der Waals surface area (Å²) < 4.78 is 13.7. The quantitative estimate of drug-likeness (QED) is 0.0651. The van der Waals surface area contributed by atoms with Gasteiger partial charge in [-0.2, -0.15) is 0 Å². The van der Waals surface area contributed by atoms with Crippen LogP contribution in [0, 0.1) is 5.41 Å². The van der Waals surface area contributed by atoms with Gasteiger partial charge in [0.1, 0.15) is 0 Å². The molecule has 1 amide bonds. The van der Waals surface area contributed by atoms with Gasteiger partial charge in [0.2, 0.25) is 0 Å². The van der Waals surface area contributed by atoms with Crippen LogP contribution < -0.4 is 8.85 Å². The molecule has 0 aliphatic rings. The predicted octanol–water partition coefficient (Wildman–Crippen LogP) is 6.64. The zero-order valence-corrected chi connectivity index (χ0v) is 26.5. The number of nitrogens with one attached hydrogen (secondary N) is 2. The second-order valence-corrected chi connectivity index (χ2v) is 15.5. The van der Waals surface area contributed by atoms with Crippen molar-refractivity contribution in [1.82, 2.24) is 3.53 Å². The monoisotopic (exact) mass is 686 g/mol. The van der Waals surface area contributed by atoms with E-state index in [1.165, 1.54) is 6.08 Å². The SMILES string of the molecule is C=C[C@@](C)(CC[C@@H](CC)I(O)N[C@@H](Cc1ccc(NC(=O)c2ccc(C(C)(C)C)cc2Cl)cc1)C(=O)O)C(=O)O. The number of carbonyl (C=O) groups excluding carboxylic acids is 1. The molecule has 40 heavy (non-hydrogen) atoms. The molecule has 0 aromatic heterocycles. The molecule has 0 bridgehead atoms. The van der Waals surface area contributed by atoms with Crippen molar-refractivity contribution in [2.24, 2.45) is 5.41 Å². The van der Waals surface area contributed by atoms with Crippen molar-refractivity contribution in [3.05, 3.63) is 76.8 Å². The molecule has 0 saturated carbocycles. The first-order valence-electron chi connectivity index (χ1n) is 13.0. The van der Waals surface area contributed by atoms with Crippen molar-refractivity contribution in [3.63, 3.8) is 0 Å². The molecule has 0 aliphatic heterocycles. The predicted molar refractivity (Wildman–Crippen MR) is 168 cm³/mol. The number of hydrogen-bond donors (Lipinski definition) is 5. The number of carbonyl (C=O) groups is 3. The number of halogens is 2. The fourth-order valence-corrected chi connectivity index (χ4v) is 7.69. The van der Waals surface area contributed by atoms with Crippen molar-refractivity contribution >= 4 is 55.6 Å². The molecule has 220 valence electrons. The Hall–Kier alpha value is -2.47.